The van der Waals surface area contributed by atoms with Gasteiger partial charge in [-0.1, -0.05) is 67.1 Å². The number of nitrogens with zero attached hydrogens (tertiary/aromatic N) is 3. The second-order valence-corrected chi connectivity index (χ2v) is 9.58. The van der Waals surface area contributed by atoms with Crippen molar-refractivity contribution in [2.24, 2.45) is 0 Å². The molecule has 2 amide bonds. The maximum atomic E-state index is 13.4. The van der Waals surface area contributed by atoms with Crippen molar-refractivity contribution < 1.29 is 9.59 Å². The van der Waals surface area contributed by atoms with E-state index in [1.807, 2.05) is 55.3 Å². The molecule has 2 heterocycles. The van der Waals surface area contributed by atoms with E-state index in [4.69, 9.17) is 0 Å². The lowest BCUT2D eigenvalue weighted by atomic mass is 9.98. The van der Waals surface area contributed by atoms with E-state index in [2.05, 4.69) is 53.7 Å². The lowest BCUT2D eigenvalue weighted by Gasteiger charge is -2.38. The Bertz CT molecular complexity index is 1160. The molecule has 2 aromatic carbocycles. The number of amides is 2. The molecule has 3 aromatic rings. The summed E-state index contributed by atoms with van der Waals surface area (Å²) in [6.45, 7) is 8.21. The summed E-state index contributed by atoms with van der Waals surface area (Å²) in [4.78, 5) is 34.0. The molecule has 0 aliphatic carbocycles. The highest BCUT2D eigenvalue weighted by Gasteiger charge is 2.29. The first-order chi connectivity index (χ1) is 17.3. The Morgan fingerprint density at radius 2 is 1.75 bits per heavy atom. The van der Waals surface area contributed by atoms with Crippen LogP contribution in [0.2, 0.25) is 0 Å². The zero-order valence-electron chi connectivity index (χ0n) is 21.4. The maximum absolute atomic E-state index is 13.4. The number of rotatable bonds is 8. The molecule has 1 aliphatic heterocycles. The largest absolute Gasteiger partial charge is 0.357 e. The second kappa shape index (κ2) is 11.4. The number of hydrogen-bond acceptors (Lipinski definition) is 5. The van der Waals surface area contributed by atoms with Gasteiger partial charge in [-0.15, -0.1) is 0 Å². The Morgan fingerprint density at radius 1 is 1.03 bits per heavy atom. The number of benzene rings is 2. The van der Waals surface area contributed by atoms with Crippen LogP contribution in [0.25, 0.3) is 0 Å². The molecule has 0 spiro atoms. The Hall–Kier alpha value is -3.71. The SMILES string of the molecule is Cc1ccc([C@H](C)CN[C@H](C(=O)Nc2ccc(N3CCN(C)C(=O)C3C)cn2)c2ccccc2)cc1. The van der Waals surface area contributed by atoms with Gasteiger partial charge in [-0.3, -0.25) is 9.59 Å². The third-order valence-corrected chi connectivity index (χ3v) is 6.88. The van der Waals surface area contributed by atoms with Gasteiger partial charge in [0.2, 0.25) is 11.8 Å². The van der Waals surface area contributed by atoms with E-state index < -0.39 is 6.04 Å². The topological polar surface area (TPSA) is 77.6 Å². The Kier molecular flexibility index (Phi) is 8.00. The first-order valence-corrected chi connectivity index (χ1v) is 12.5. The van der Waals surface area contributed by atoms with E-state index in [0.717, 1.165) is 17.8 Å². The van der Waals surface area contributed by atoms with Crippen molar-refractivity contribution in [1.82, 2.24) is 15.2 Å². The summed E-state index contributed by atoms with van der Waals surface area (Å²) in [6, 6.07) is 21.2. The molecule has 1 aromatic heterocycles. The third-order valence-electron chi connectivity index (χ3n) is 6.88. The lowest BCUT2D eigenvalue weighted by molar-refractivity contribution is -0.132. The normalized spacial score (nSPS) is 17.6. The van der Waals surface area contributed by atoms with Gasteiger partial charge < -0.3 is 20.4 Å². The van der Waals surface area contributed by atoms with Gasteiger partial charge in [-0.25, -0.2) is 4.98 Å². The average Bonchev–Trinajstić information content (AvgIpc) is 2.89. The maximum Gasteiger partial charge on any atom is 0.247 e. The van der Waals surface area contributed by atoms with Crippen molar-refractivity contribution in [3.63, 3.8) is 0 Å². The number of hydrogen-bond donors (Lipinski definition) is 2. The fourth-order valence-corrected chi connectivity index (χ4v) is 4.51. The van der Waals surface area contributed by atoms with Crippen LogP contribution in [0.5, 0.6) is 0 Å². The molecule has 7 nitrogen and oxygen atoms in total. The van der Waals surface area contributed by atoms with E-state index in [-0.39, 0.29) is 23.8 Å². The van der Waals surface area contributed by atoms with Crippen LogP contribution in [0.15, 0.2) is 72.9 Å². The molecule has 2 N–H and O–H groups in total. The zero-order chi connectivity index (χ0) is 25.7. The highest BCUT2D eigenvalue weighted by Crippen LogP contribution is 2.23. The number of anilines is 2. The van der Waals surface area contributed by atoms with Crippen LogP contribution >= 0.6 is 0 Å². The Labute approximate surface area is 213 Å². The molecule has 4 rings (SSSR count). The summed E-state index contributed by atoms with van der Waals surface area (Å²) in [5.41, 5.74) is 4.22. The second-order valence-electron chi connectivity index (χ2n) is 9.58. The van der Waals surface area contributed by atoms with E-state index in [9.17, 15) is 9.59 Å². The molecule has 0 radical (unpaired) electrons. The minimum atomic E-state index is -0.518. The molecule has 1 unspecified atom stereocenters. The first-order valence-electron chi connectivity index (χ1n) is 12.5. The van der Waals surface area contributed by atoms with Crippen molar-refractivity contribution in [3.05, 3.63) is 89.6 Å². The molecule has 36 heavy (non-hydrogen) atoms. The van der Waals surface area contributed by atoms with Crippen molar-refractivity contribution in [1.29, 1.82) is 0 Å². The third kappa shape index (κ3) is 5.91. The first kappa shape index (κ1) is 25.4. The molecule has 0 bridgehead atoms. The molecule has 1 saturated heterocycles. The number of pyridine rings is 1. The number of likely N-dealkylation sites (N-methyl/N-ethyl adjacent to an activating group) is 1. The number of piperazine rings is 1. The van der Waals surface area contributed by atoms with E-state index >= 15 is 0 Å². The van der Waals surface area contributed by atoms with Crippen LogP contribution in [-0.4, -0.2) is 54.4 Å². The molecular formula is C29H35N5O2. The van der Waals surface area contributed by atoms with Gasteiger partial charge in [0, 0.05) is 26.7 Å². The quantitative estimate of drug-likeness (QED) is 0.502. The molecule has 1 aliphatic rings. The summed E-state index contributed by atoms with van der Waals surface area (Å²) in [5, 5.41) is 6.42. The number of aryl methyl sites for hydroxylation is 1. The molecule has 3 atom stereocenters. The molecule has 188 valence electrons. The summed E-state index contributed by atoms with van der Waals surface area (Å²) in [6.07, 6.45) is 1.72. The lowest BCUT2D eigenvalue weighted by Crippen LogP contribution is -2.54. The predicted octanol–water partition coefficient (Wildman–Crippen LogP) is 4.13. The van der Waals surface area contributed by atoms with Gasteiger partial charge in [0.25, 0.3) is 0 Å². The van der Waals surface area contributed by atoms with Crippen molar-refractivity contribution >= 4 is 23.3 Å². The highest BCUT2D eigenvalue weighted by molar-refractivity contribution is 5.95. The molecular weight excluding hydrogens is 450 g/mol. The van der Waals surface area contributed by atoms with Crippen LogP contribution in [0.3, 0.4) is 0 Å². The van der Waals surface area contributed by atoms with Crippen molar-refractivity contribution in [2.45, 2.75) is 38.8 Å². The molecule has 0 saturated carbocycles. The number of carbonyl (C=O) groups excluding carboxylic acids is 2. The van der Waals surface area contributed by atoms with Gasteiger partial charge >= 0.3 is 0 Å². The van der Waals surface area contributed by atoms with E-state index in [0.29, 0.717) is 18.9 Å². The Morgan fingerprint density at radius 3 is 2.42 bits per heavy atom. The summed E-state index contributed by atoms with van der Waals surface area (Å²) in [5.74, 6) is 0.650. The van der Waals surface area contributed by atoms with Crippen LogP contribution < -0.4 is 15.5 Å². The number of aromatic nitrogens is 1. The zero-order valence-corrected chi connectivity index (χ0v) is 21.4. The van der Waals surface area contributed by atoms with Crippen LogP contribution in [0.1, 0.15) is 42.5 Å². The number of nitrogens with one attached hydrogen (secondary N) is 2. The van der Waals surface area contributed by atoms with Gasteiger partial charge in [0.1, 0.15) is 17.9 Å². The van der Waals surface area contributed by atoms with Crippen LogP contribution in [-0.2, 0) is 9.59 Å². The highest BCUT2D eigenvalue weighted by atomic mass is 16.2. The van der Waals surface area contributed by atoms with E-state index in [1.54, 1.807) is 17.2 Å². The van der Waals surface area contributed by atoms with Crippen LogP contribution in [0.4, 0.5) is 11.5 Å². The Balaban J connectivity index is 1.44. The minimum Gasteiger partial charge on any atom is -0.357 e. The monoisotopic (exact) mass is 485 g/mol. The van der Waals surface area contributed by atoms with Crippen LogP contribution in [0, 0.1) is 6.92 Å². The standard InChI is InChI=1S/C29H35N5O2/c1-20-10-12-23(13-11-20)21(2)18-31-27(24-8-6-5-7-9-24)28(35)32-26-15-14-25(19-30-26)34-17-16-33(4)29(36)22(34)3/h5-15,19,21-22,27,31H,16-18H2,1-4H3,(H,30,32,35)/t21-,22?,27+/m1/s1. The summed E-state index contributed by atoms with van der Waals surface area (Å²) in [7, 11) is 1.83. The summed E-state index contributed by atoms with van der Waals surface area (Å²) >= 11 is 0. The average molecular weight is 486 g/mol. The molecule has 7 heteroatoms. The van der Waals surface area contributed by atoms with E-state index in [1.165, 1.54) is 11.1 Å². The van der Waals surface area contributed by atoms with Gasteiger partial charge in [-0.2, -0.15) is 0 Å². The van der Waals surface area contributed by atoms with Gasteiger partial charge in [0.15, 0.2) is 0 Å². The fraction of sp³-hybridized carbons (Fsp3) is 0.345. The van der Waals surface area contributed by atoms with Crippen molar-refractivity contribution in [3.8, 4) is 0 Å². The summed E-state index contributed by atoms with van der Waals surface area (Å²) < 4.78 is 0. The minimum absolute atomic E-state index is 0.0928. The fourth-order valence-electron chi connectivity index (χ4n) is 4.51. The van der Waals surface area contributed by atoms with Gasteiger partial charge in [-0.05, 0) is 43.0 Å². The smallest absolute Gasteiger partial charge is 0.247 e. The molecule has 1 fully saturated rings. The van der Waals surface area contributed by atoms with Gasteiger partial charge in [0.05, 0.1) is 11.9 Å². The predicted molar refractivity (Wildman–Crippen MR) is 144 cm³/mol. The van der Waals surface area contributed by atoms with Crippen molar-refractivity contribution in [2.75, 3.05) is 36.9 Å². The number of carbonyl (C=O) groups is 2.